The van der Waals surface area contributed by atoms with Gasteiger partial charge in [-0.1, -0.05) is 43.3 Å². The molecule has 0 unspecified atom stereocenters. The van der Waals surface area contributed by atoms with E-state index in [-0.39, 0.29) is 19.6 Å². The molecule has 0 radical (unpaired) electrons. The molecule has 7 nitrogen and oxygen atoms in total. The number of carbonyl (C=O) groups excluding carboxylic acids is 1. The number of esters is 1. The van der Waals surface area contributed by atoms with Gasteiger partial charge in [0.15, 0.2) is 6.10 Å². The third-order valence-corrected chi connectivity index (χ3v) is 5.76. The van der Waals surface area contributed by atoms with Crippen molar-refractivity contribution in [2.45, 2.75) is 50.7 Å². The molecule has 1 fully saturated rings. The van der Waals surface area contributed by atoms with Gasteiger partial charge in [-0.2, -0.15) is 0 Å². The van der Waals surface area contributed by atoms with Crippen molar-refractivity contribution in [2.75, 3.05) is 13.2 Å². The maximum Gasteiger partial charge on any atom is 0.306 e. The van der Waals surface area contributed by atoms with E-state index in [9.17, 15) is 9.90 Å². The van der Waals surface area contributed by atoms with Gasteiger partial charge >= 0.3 is 5.97 Å². The summed E-state index contributed by atoms with van der Waals surface area (Å²) in [6, 6.07) is 17.1. The Balaban J connectivity index is 1.78. The van der Waals surface area contributed by atoms with Gasteiger partial charge in [0.2, 0.25) is 6.29 Å². The van der Waals surface area contributed by atoms with Gasteiger partial charge in [0.25, 0.3) is 0 Å². The van der Waals surface area contributed by atoms with Crippen LogP contribution in [0, 0.1) is 3.57 Å². The van der Waals surface area contributed by atoms with Crippen LogP contribution in [0.15, 0.2) is 67.3 Å². The third kappa shape index (κ3) is 7.51. The van der Waals surface area contributed by atoms with E-state index in [0.29, 0.717) is 12.4 Å². The maximum absolute atomic E-state index is 12.1. The third-order valence-electron chi connectivity index (χ3n) is 5.04. The van der Waals surface area contributed by atoms with Gasteiger partial charge in [-0.25, -0.2) is 0 Å². The van der Waals surface area contributed by atoms with E-state index in [1.54, 1.807) is 25.1 Å². The summed E-state index contributed by atoms with van der Waals surface area (Å²) in [6.07, 6.45) is -2.98. The summed E-state index contributed by atoms with van der Waals surface area (Å²) in [5, 5.41) is 11.0. The topological polar surface area (TPSA) is 83.5 Å². The van der Waals surface area contributed by atoms with Crippen molar-refractivity contribution in [2.24, 2.45) is 0 Å². The first-order chi connectivity index (χ1) is 16.0. The zero-order valence-electron chi connectivity index (χ0n) is 18.5. The summed E-state index contributed by atoms with van der Waals surface area (Å²) in [5.41, 5.74) is 1.00. The Morgan fingerprint density at radius 3 is 2.55 bits per heavy atom. The number of carbonyl (C=O) groups is 1. The zero-order valence-corrected chi connectivity index (χ0v) is 20.6. The number of benzene rings is 2. The molecular formula is C25H29IO7. The van der Waals surface area contributed by atoms with E-state index >= 15 is 0 Å². The Morgan fingerprint density at radius 2 is 1.88 bits per heavy atom. The highest BCUT2D eigenvalue weighted by atomic mass is 127. The number of aliphatic hydroxyl groups is 1. The van der Waals surface area contributed by atoms with E-state index in [2.05, 4.69) is 29.2 Å². The maximum atomic E-state index is 12.1. The number of hydrogen-bond acceptors (Lipinski definition) is 7. The van der Waals surface area contributed by atoms with Crippen molar-refractivity contribution in [3.05, 3.63) is 76.4 Å². The van der Waals surface area contributed by atoms with Gasteiger partial charge < -0.3 is 28.8 Å². The molecule has 5 atom stereocenters. The molecule has 3 rings (SSSR count). The van der Waals surface area contributed by atoms with Gasteiger partial charge in [-0.05, 0) is 52.4 Å². The number of hydrogen-bond donors (Lipinski definition) is 1. The number of ether oxygens (including phenoxy) is 5. The van der Waals surface area contributed by atoms with Crippen molar-refractivity contribution < 1.29 is 33.6 Å². The van der Waals surface area contributed by atoms with E-state index in [1.807, 2.05) is 42.5 Å². The van der Waals surface area contributed by atoms with Gasteiger partial charge in [0.05, 0.1) is 19.8 Å². The molecule has 0 saturated carbocycles. The molecule has 178 valence electrons. The van der Waals surface area contributed by atoms with Crippen molar-refractivity contribution in [3.8, 4) is 5.75 Å². The largest absolute Gasteiger partial charge is 0.461 e. The number of aliphatic hydroxyl groups excluding tert-OH is 1. The Labute approximate surface area is 207 Å². The minimum Gasteiger partial charge on any atom is -0.461 e. The van der Waals surface area contributed by atoms with Crippen LogP contribution in [0.4, 0.5) is 0 Å². The predicted molar refractivity (Wildman–Crippen MR) is 131 cm³/mol. The zero-order chi connectivity index (χ0) is 23.6. The van der Waals surface area contributed by atoms with Crippen LogP contribution in [0.5, 0.6) is 5.75 Å². The molecular weight excluding hydrogens is 539 g/mol. The molecule has 1 N–H and O–H groups in total. The lowest BCUT2D eigenvalue weighted by atomic mass is 9.98. The molecule has 0 aromatic heterocycles. The standard InChI is InChI=1S/C25H29IO7/c1-3-14-30-23-22(28)20(16-29-15-17-8-6-5-7-9-17)32-25(24(23)33-21(27)4-2)31-19-12-10-18(26)11-13-19/h3,5-13,20,22-25,28H,1,4,14-16H2,2H3/t20-,22-,23+,24-,25-/m1/s1. The van der Waals surface area contributed by atoms with E-state index in [1.165, 1.54) is 0 Å². The molecule has 1 saturated heterocycles. The van der Waals surface area contributed by atoms with Crippen LogP contribution >= 0.6 is 22.6 Å². The highest BCUT2D eigenvalue weighted by Gasteiger charge is 2.49. The molecule has 0 aliphatic carbocycles. The fourth-order valence-electron chi connectivity index (χ4n) is 3.37. The van der Waals surface area contributed by atoms with Gasteiger partial charge in [-0.3, -0.25) is 4.79 Å². The minimum atomic E-state index is -1.10. The van der Waals surface area contributed by atoms with Crippen LogP contribution in [0.2, 0.25) is 0 Å². The molecule has 0 spiro atoms. The lowest BCUT2D eigenvalue weighted by molar-refractivity contribution is -0.290. The Hall–Kier alpha value is -1.98. The van der Waals surface area contributed by atoms with Crippen LogP contribution in [-0.2, 0) is 30.3 Å². The summed E-state index contributed by atoms with van der Waals surface area (Å²) in [5.74, 6) is 0.0961. The van der Waals surface area contributed by atoms with Gasteiger partial charge in [0.1, 0.15) is 24.1 Å². The average Bonchev–Trinajstić information content (AvgIpc) is 2.83. The van der Waals surface area contributed by atoms with Gasteiger partial charge in [-0.15, -0.1) is 6.58 Å². The number of halogens is 1. The lowest BCUT2D eigenvalue weighted by Crippen LogP contribution is -2.62. The Kier molecular flexibility index (Phi) is 10.1. The second kappa shape index (κ2) is 13.0. The smallest absolute Gasteiger partial charge is 0.306 e. The first-order valence-corrected chi connectivity index (χ1v) is 11.9. The predicted octanol–water partition coefficient (Wildman–Crippen LogP) is 3.87. The van der Waals surface area contributed by atoms with Crippen molar-refractivity contribution in [3.63, 3.8) is 0 Å². The lowest BCUT2D eigenvalue weighted by Gasteiger charge is -2.43. The quantitative estimate of drug-likeness (QED) is 0.251. The highest BCUT2D eigenvalue weighted by molar-refractivity contribution is 14.1. The molecule has 1 aliphatic rings. The molecule has 0 bridgehead atoms. The summed E-state index contributed by atoms with van der Waals surface area (Å²) in [4.78, 5) is 12.1. The van der Waals surface area contributed by atoms with Crippen LogP contribution in [-0.4, -0.2) is 55.0 Å². The SMILES string of the molecule is C=CCO[C@H]1[C@H](O)[C@@H](COCc2ccccc2)O[C@@H](Oc2ccc(I)cc2)[C@@H]1OC(=O)CC. The van der Waals surface area contributed by atoms with Crippen LogP contribution in [0.1, 0.15) is 18.9 Å². The molecule has 2 aromatic rings. The summed E-state index contributed by atoms with van der Waals surface area (Å²) in [6.45, 7) is 5.99. The Morgan fingerprint density at radius 1 is 1.15 bits per heavy atom. The number of rotatable bonds is 11. The average molecular weight is 568 g/mol. The normalized spacial score (nSPS) is 24.8. The molecule has 2 aromatic carbocycles. The highest BCUT2D eigenvalue weighted by Crippen LogP contribution is 2.29. The van der Waals surface area contributed by atoms with E-state index in [4.69, 9.17) is 23.7 Å². The van der Waals surface area contributed by atoms with Crippen molar-refractivity contribution in [1.82, 2.24) is 0 Å². The van der Waals surface area contributed by atoms with Crippen molar-refractivity contribution >= 4 is 28.6 Å². The first-order valence-electron chi connectivity index (χ1n) is 10.8. The second-order valence-electron chi connectivity index (χ2n) is 7.50. The fraction of sp³-hybridized carbons (Fsp3) is 0.400. The van der Waals surface area contributed by atoms with Crippen LogP contribution in [0.3, 0.4) is 0 Å². The molecule has 1 heterocycles. The molecule has 33 heavy (non-hydrogen) atoms. The van der Waals surface area contributed by atoms with Crippen LogP contribution < -0.4 is 4.74 Å². The Bertz CT molecular complexity index is 874. The minimum absolute atomic E-state index is 0.102. The van der Waals surface area contributed by atoms with Gasteiger partial charge in [0, 0.05) is 9.99 Å². The van der Waals surface area contributed by atoms with E-state index in [0.717, 1.165) is 9.13 Å². The monoisotopic (exact) mass is 568 g/mol. The fourth-order valence-corrected chi connectivity index (χ4v) is 3.73. The van der Waals surface area contributed by atoms with Crippen molar-refractivity contribution in [1.29, 1.82) is 0 Å². The summed E-state index contributed by atoms with van der Waals surface area (Å²) >= 11 is 2.20. The first kappa shape index (κ1) is 25.6. The summed E-state index contributed by atoms with van der Waals surface area (Å²) in [7, 11) is 0. The summed E-state index contributed by atoms with van der Waals surface area (Å²) < 4.78 is 30.4. The second-order valence-corrected chi connectivity index (χ2v) is 8.75. The van der Waals surface area contributed by atoms with E-state index < -0.39 is 36.7 Å². The van der Waals surface area contributed by atoms with Crippen LogP contribution in [0.25, 0.3) is 0 Å². The molecule has 1 aliphatic heterocycles. The molecule has 8 heteroatoms. The molecule has 0 amide bonds.